The Labute approximate surface area is 276 Å². The van der Waals surface area contributed by atoms with Crippen molar-refractivity contribution in [3.8, 4) is 33.4 Å². The van der Waals surface area contributed by atoms with Crippen LogP contribution in [0.1, 0.15) is 0 Å². The average molecular weight is 615 g/mol. The van der Waals surface area contributed by atoms with Gasteiger partial charge in [0.1, 0.15) is 17.0 Å². The lowest BCUT2D eigenvalue weighted by Gasteiger charge is -2.17. The molecular weight excluding hydrogens is 588 g/mol. The smallest absolute Gasteiger partial charge is 0.138 e. The molecule has 9 aromatic carbocycles. The summed E-state index contributed by atoms with van der Waals surface area (Å²) in [6, 6.07) is 56.5. The van der Waals surface area contributed by atoms with Crippen LogP contribution >= 0.6 is 0 Å². The van der Waals surface area contributed by atoms with Crippen molar-refractivity contribution in [2.75, 3.05) is 0 Å². The number of furan rings is 1. The van der Waals surface area contributed by atoms with E-state index < -0.39 is 0 Å². The Hall–Kier alpha value is -6.25. The van der Waals surface area contributed by atoms with Crippen LogP contribution in [0.2, 0.25) is 0 Å². The van der Waals surface area contributed by atoms with Crippen LogP contribution in [0.25, 0.3) is 98.4 Å². The Morgan fingerprint density at radius 1 is 0.333 bits per heavy atom. The highest BCUT2D eigenvalue weighted by atomic mass is 19.1. The molecule has 0 radical (unpaired) electrons. The van der Waals surface area contributed by atoms with Crippen LogP contribution in [-0.4, -0.2) is 0 Å². The van der Waals surface area contributed by atoms with Gasteiger partial charge in [0.25, 0.3) is 0 Å². The van der Waals surface area contributed by atoms with Gasteiger partial charge in [-0.1, -0.05) is 146 Å². The highest BCUT2D eigenvalue weighted by molar-refractivity contribution is 6.24. The highest BCUT2D eigenvalue weighted by Crippen LogP contribution is 2.47. The summed E-state index contributed by atoms with van der Waals surface area (Å²) in [5, 5.41) is 9.95. The first-order valence-corrected chi connectivity index (χ1v) is 16.3. The molecule has 10 aromatic rings. The zero-order valence-electron chi connectivity index (χ0n) is 25.9. The van der Waals surface area contributed by atoms with E-state index in [0.717, 1.165) is 49.4 Å². The van der Waals surface area contributed by atoms with Gasteiger partial charge in [-0.3, -0.25) is 0 Å². The molecule has 0 aliphatic heterocycles. The topological polar surface area (TPSA) is 13.1 Å². The van der Waals surface area contributed by atoms with Gasteiger partial charge in [0.05, 0.1) is 0 Å². The Kier molecular flexibility index (Phi) is 5.82. The van der Waals surface area contributed by atoms with Crippen molar-refractivity contribution in [3.05, 3.63) is 170 Å². The van der Waals surface area contributed by atoms with Crippen LogP contribution in [0.15, 0.2) is 168 Å². The highest BCUT2D eigenvalue weighted by Gasteiger charge is 2.21. The second kappa shape index (κ2) is 10.4. The van der Waals surface area contributed by atoms with E-state index in [-0.39, 0.29) is 5.82 Å². The van der Waals surface area contributed by atoms with Crippen molar-refractivity contribution in [1.29, 1.82) is 0 Å². The average Bonchev–Trinajstić information content (AvgIpc) is 3.53. The molecule has 10 rings (SSSR count). The van der Waals surface area contributed by atoms with E-state index in [9.17, 15) is 0 Å². The van der Waals surface area contributed by atoms with Gasteiger partial charge in [-0.15, -0.1) is 0 Å². The minimum Gasteiger partial charge on any atom is -0.456 e. The fourth-order valence-corrected chi connectivity index (χ4v) is 7.91. The van der Waals surface area contributed by atoms with E-state index in [4.69, 9.17) is 4.42 Å². The summed E-state index contributed by atoms with van der Waals surface area (Å²) >= 11 is 0. The molecule has 0 aliphatic carbocycles. The SMILES string of the molecule is Fc1c2ccccc2c(-c2cccc3oc4cc(-c5c6ccccc6c(-c6ccccc6)c6ccccc56)ccc4c23)c2ccccc12. The van der Waals surface area contributed by atoms with Crippen LogP contribution < -0.4 is 0 Å². The quantitative estimate of drug-likeness (QED) is 0.181. The molecule has 0 fully saturated rings. The lowest BCUT2D eigenvalue weighted by Crippen LogP contribution is -1.91. The van der Waals surface area contributed by atoms with Gasteiger partial charge in [0.2, 0.25) is 0 Å². The predicted octanol–water partition coefficient (Wildman–Crippen LogP) is 13.3. The van der Waals surface area contributed by atoms with E-state index in [1.54, 1.807) is 0 Å². The van der Waals surface area contributed by atoms with Crippen LogP contribution in [0.5, 0.6) is 0 Å². The van der Waals surface area contributed by atoms with Crippen molar-refractivity contribution in [2.24, 2.45) is 0 Å². The summed E-state index contributed by atoms with van der Waals surface area (Å²) in [4.78, 5) is 0. The lowest BCUT2D eigenvalue weighted by molar-refractivity contribution is 0.651. The lowest BCUT2D eigenvalue weighted by atomic mass is 9.85. The molecular formula is C46H27FO. The summed E-state index contributed by atoms with van der Waals surface area (Å²) in [5.41, 5.74) is 8.45. The summed E-state index contributed by atoms with van der Waals surface area (Å²) in [6.07, 6.45) is 0. The fraction of sp³-hybridized carbons (Fsp3) is 0. The first-order chi connectivity index (χ1) is 23.8. The first kappa shape index (κ1) is 26.9. The number of hydrogen-bond donors (Lipinski definition) is 0. The van der Waals surface area contributed by atoms with Gasteiger partial charge >= 0.3 is 0 Å². The van der Waals surface area contributed by atoms with Crippen LogP contribution in [-0.2, 0) is 0 Å². The molecule has 1 heterocycles. The molecule has 1 nitrogen and oxygen atoms in total. The Balaban J connectivity index is 1.26. The van der Waals surface area contributed by atoms with Gasteiger partial charge in [-0.05, 0) is 83.9 Å². The van der Waals surface area contributed by atoms with Crippen LogP contribution in [0.3, 0.4) is 0 Å². The molecule has 0 spiro atoms. The summed E-state index contributed by atoms with van der Waals surface area (Å²) in [5.74, 6) is -0.184. The van der Waals surface area contributed by atoms with Crippen molar-refractivity contribution >= 4 is 65.0 Å². The molecule has 2 heteroatoms. The minimum absolute atomic E-state index is 0.184. The summed E-state index contributed by atoms with van der Waals surface area (Å²) < 4.78 is 22.5. The predicted molar refractivity (Wildman–Crippen MR) is 200 cm³/mol. The van der Waals surface area contributed by atoms with Gasteiger partial charge in [0.15, 0.2) is 0 Å². The van der Waals surface area contributed by atoms with E-state index >= 15 is 4.39 Å². The van der Waals surface area contributed by atoms with Crippen molar-refractivity contribution in [1.82, 2.24) is 0 Å². The molecule has 0 amide bonds. The molecule has 0 bridgehead atoms. The van der Waals surface area contributed by atoms with Gasteiger partial charge in [0, 0.05) is 21.5 Å². The maximum atomic E-state index is 15.8. The number of rotatable bonds is 3. The monoisotopic (exact) mass is 614 g/mol. The minimum atomic E-state index is -0.184. The maximum Gasteiger partial charge on any atom is 0.138 e. The molecule has 0 aliphatic rings. The number of hydrogen-bond acceptors (Lipinski definition) is 1. The molecule has 0 N–H and O–H groups in total. The number of fused-ring (bicyclic) bond motifs is 7. The standard InChI is InChI=1S/C46H27FO/c47-46-36-21-10-8-19-34(36)44(35-20-9-11-22-37(35)46)39-23-12-24-40-45(39)38-26-25-29(27-41(38)48-40)43-32-17-6-4-15-30(32)42(28-13-2-1-3-14-28)31-16-5-7-18-33(31)43/h1-27H. The first-order valence-electron chi connectivity index (χ1n) is 16.3. The van der Waals surface area contributed by atoms with Crippen molar-refractivity contribution in [3.63, 3.8) is 0 Å². The van der Waals surface area contributed by atoms with Gasteiger partial charge < -0.3 is 4.42 Å². The zero-order chi connectivity index (χ0) is 31.8. The Morgan fingerprint density at radius 3 is 1.38 bits per heavy atom. The van der Waals surface area contributed by atoms with E-state index in [2.05, 4.69) is 103 Å². The second-order valence-corrected chi connectivity index (χ2v) is 12.5. The molecule has 224 valence electrons. The summed E-state index contributed by atoms with van der Waals surface area (Å²) in [7, 11) is 0. The normalized spacial score (nSPS) is 11.9. The molecule has 0 unspecified atom stereocenters. The summed E-state index contributed by atoms with van der Waals surface area (Å²) in [6.45, 7) is 0. The number of halogens is 1. The van der Waals surface area contributed by atoms with Crippen LogP contribution in [0, 0.1) is 5.82 Å². The molecule has 1 aromatic heterocycles. The van der Waals surface area contributed by atoms with Gasteiger partial charge in [-0.25, -0.2) is 4.39 Å². The van der Waals surface area contributed by atoms with E-state index in [1.807, 2.05) is 60.7 Å². The van der Waals surface area contributed by atoms with Crippen molar-refractivity contribution < 1.29 is 8.81 Å². The molecule has 0 saturated carbocycles. The Bertz CT molecular complexity index is 2780. The van der Waals surface area contributed by atoms with Gasteiger partial charge in [-0.2, -0.15) is 0 Å². The van der Waals surface area contributed by atoms with E-state index in [1.165, 1.54) is 38.2 Å². The third kappa shape index (κ3) is 3.84. The van der Waals surface area contributed by atoms with Crippen molar-refractivity contribution in [2.45, 2.75) is 0 Å². The largest absolute Gasteiger partial charge is 0.456 e. The molecule has 0 saturated heterocycles. The second-order valence-electron chi connectivity index (χ2n) is 12.5. The zero-order valence-corrected chi connectivity index (χ0v) is 25.9. The number of benzene rings is 9. The maximum absolute atomic E-state index is 15.8. The molecule has 0 atom stereocenters. The third-order valence-corrected chi connectivity index (χ3v) is 9.91. The molecule has 48 heavy (non-hydrogen) atoms. The Morgan fingerprint density at radius 2 is 0.812 bits per heavy atom. The third-order valence-electron chi connectivity index (χ3n) is 9.91. The van der Waals surface area contributed by atoms with Crippen LogP contribution in [0.4, 0.5) is 4.39 Å². The van der Waals surface area contributed by atoms with E-state index in [0.29, 0.717) is 10.8 Å². The fourth-order valence-electron chi connectivity index (χ4n) is 7.91.